The van der Waals surface area contributed by atoms with Crippen LogP contribution in [0.3, 0.4) is 0 Å². The molecule has 0 bridgehead atoms. The molecule has 0 radical (unpaired) electrons. The predicted molar refractivity (Wildman–Crippen MR) is 78.4 cm³/mol. The van der Waals surface area contributed by atoms with E-state index in [1.807, 2.05) is 0 Å². The van der Waals surface area contributed by atoms with Crippen LogP contribution in [-0.4, -0.2) is 21.8 Å². The molecule has 0 atom stereocenters. The molecule has 0 amide bonds. The number of rotatable bonds is 2. The zero-order chi connectivity index (χ0) is 11.5. The normalized spacial score (nSPS) is 25.4. The van der Waals surface area contributed by atoms with Gasteiger partial charge in [-0.25, -0.2) is 0 Å². The Hall–Kier alpha value is -0.100. The monoisotopic (exact) mass is 349 g/mol. The maximum absolute atomic E-state index is 11.3. The van der Waals surface area contributed by atoms with Gasteiger partial charge in [0.1, 0.15) is 0 Å². The van der Waals surface area contributed by atoms with Gasteiger partial charge in [0.25, 0.3) is 0 Å². The van der Waals surface area contributed by atoms with Gasteiger partial charge in [0.2, 0.25) is 0 Å². The molecule has 0 unspecified atom stereocenters. The van der Waals surface area contributed by atoms with E-state index in [1.165, 1.54) is 14.8 Å². The summed E-state index contributed by atoms with van der Waals surface area (Å²) >= 11 is 2.33. The molecule has 1 aromatic carbocycles. The largest absolute Gasteiger partial charge is 0.382 e. The van der Waals surface area contributed by atoms with Crippen molar-refractivity contribution in [3.05, 3.63) is 27.3 Å². The fourth-order valence-corrected chi connectivity index (χ4v) is 3.89. The number of benzene rings is 1. The third-order valence-corrected chi connectivity index (χ3v) is 4.99. The Balaban J connectivity index is 2.01. The number of hydrogen-bond donors (Lipinski definition) is 1. The van der Waals surface area contributed by atoms with Crippen molar-refractivity contribution in [1.29, 1.82) is 0 Å². The third kappa shape index (κ3) is 3.20. The second kappa shape index (κ2) is 5.49. The van der Waals surface area contributed by atoms with E-state index in [0.717, 1.165) is 24.3 Å². The molecule has 0 spiro atoms. The van der Waals surface area contributed by atoms with Gasteiger partial charge in [0.15, 0.2) is 0 Å². The summed E-state index contributed by atoms with van der Waals surface area (Å²) in [4.78, 5) is 0. The summed E-state index contributed by atoms with van der Waals surface area (Å²) in [6, 6.07) is 6.94. The Morgan fingerprint density at radius 2 is 2.06 bits per heavy atom. The average Bonchev–Trinajstić information content (AvgIpc) is 2.25. The average molecular weight is 349 g/mol. The van der Waals surface area contributed by atoms with Crippen molar-refractivity contribution in [2.24, 2.45) is 0 Å². The van der Waals surface area contributed by atoms with E-state index in [0.29, 0.717) is 6.04 Å². The molecule has 88 valence electrons. The van der Waals surface area contributed by atoms with E-state index in [9.17, 15) is 4.21 Å². The van der Waals surface area contributed by atoms with Gasteiger partial charge in [0, 0.05) is 37.6 Å². The summed E-state index contributed by atoms with van der Waals surface area (Å²) in [6.45, 7) is 2.13. The van der Waals surface area contributed by atoms with Crippen LogP contribution in [0.25, 0.3) is 0 Å². The van der Waals surface area contributed by atoms with Crippen molar-refractivity contribution in [1.82, 2.24) is 0 Å². The first-order valence-corrected chi connectivity index (χ1v) is 8.09. The maximum atomic E-state index is 11.3. The van der Waals surface area contributed by atoms with E-state index < -0.39 is 10.8 Å². The SMILES string of the molecule is Cc1cc(I)ccc1NC1CCS(=O)CC1. The molecule has 1 saturated heterocycles. The summed E-state index contributed by atoms with van der Waals surface area (Å²) in [7, 11) is -0.569. The Bertz CT molecular complexity index is 398. The van der Waals surface area contributed by atoms with Crippen LogP contribution in [-0.2, 0) is 10.8 Å². The minimum absolute atomic E-state index is 0.497. The number of hydrogen-bond acceptors (Lipinski definition) is 2. The highest BCUT2D eigenvalue weighted by molar-refractivity contribution is 14.1. The lowest BCUT2D eigenvalue weighted by molar-refractivity contribution is 0.624. The highest BCUT2D eigenvalue weighted by atomic mass is 127. The van der Waals surface area contributed by atoms with Gasteiger partial charge in [-0.05, 0) is 66.1 Å². The van der Waals surface area contributed by atoms with Crippen LogP contribution < -0.4 is 5.32 Å². The molecule has 4 heteroatoms. The molecule has 1 heterocycles. The van der Waals surface area contributed by atoms with Crippen molar-refractivity contribution in [3.8, 4) is 0 Å². The summed E-state index contributed by atoms with van der Waals surface area (Å²) in [5, 5.41) is 3.56. The molecule has 2 nitrogen and oxygen atoms in total. The number of halogens is 1. The van der Waals surface area contributed by atoms with Gasteiger partial charge in [-0.2, -0.15) is 0 Å². The van der Waals surface area contributed by atoms with Crippen LogP contribution in [0.2, 0.25) is 0 Å². The topological polar surface area (TPSA) is 29.1 Å². The molecule has 0 aliphatic carbocycles. The molecular weight excluding hydrogens is 333 g/mol. The summed E-state index contributed by atoms with van der Waals surface area (Å²) in [5.41, 5.74) is 2.51. The standard InChI is InChI=1S/C12H16INOS/c1-9-8-10(13)2-3-12(9)14-11-4-6-16(15)7-5-11/h2-3,8,11,14H,4-7H2,1H3. The van der Waals surface area contributed by atoms with Crippen LogP contribution >= 0.6 is 22.6 Å². The fourth-order valence-electron chi connectivity index (χ4n) is 1.95. The molecule has 0 saturated carbocycles. The Kier molecular flexibility index (Phi) is 4.24. The van der Waals surface area contributed by atoms with E-state index >= 15 is 0 Å². The van der Waals surface area contributed by atoms with Crippen molar-refractivity contribution in [2.45, 2.75) is 25.8 Å². The van der Waals surface area contributed by atoms with Crippen molar-refractivity contribution in [2.75, 3.05) is 16.8 Å². The van der Waals surface area contributed by atoms with Gasteiger partial charge >= 0.3 is 0 Å². The van der Waals surface area contributed by atoms with Crippen LogP contribution in [0.15, 0.2) is 18.2 Å². The van der Waals surface area contributed by atoms with E-state index in [-0.39, 0.29) is 0 Å². The fraction of sp³-hybridized carbons (Fsp3) is 0.500. The van der Waals surface area contributed by atoms with Gasteiger partial charge in [-0.1, -0.05) is 0 Å². The van der Waals surface area contributed by atoms with Crippen molar-refractivity contribution in [3.63, 3.8) is 0 Å². The van der Waals surface area contributed by atoms with Gasteiger partial charge in [-0.15, -0.1) is 0 Å². The predicted octanol–water partition coefficient (Wildman–Crippen LogP) is 2.92. The minimum Gasteiger partial charge on any atom is -0.382 e. The minimum atomic E-state index is -0.569. The van der Waals surface area contributed by atoms with Gasteiger partial charge < -0.3 is 5.32 Å². The lowest BCUT2D eigenvalue weighted by atomic mass is 10.1. The van der Waals surface area contributed by atoms with Crippen LogP contribution in [0.4, 0.5) is 5.69 Å². The zero-order valence-electron chi connectivity index (χ0n) is 9.33. The van der Waals surface area contributed by atoms with Gasteiger partial charge in [0.05, 0.1) is 0 Å². The molecule has 2 rings (SSSR count). The second-order valence-corrected chi connectivity index (χ2v) is 7.17. The molecule has 1 aromatic rings. The summed E-state index contributed by atoms with van der Waals surface area (Å²) in [5.74, 6) is 1.70. The first-order valence-electron chi connectivity index (χ1n) is 5.53. The number of anilines is 1. The van der Waals surface area contributed by atoms with E-state index in [1.54, 1.807) is 0 Å². The molecule has 1 N–H and O–H groups in total. The van der Waals surface area contributed by atoms with Crippen molar-refractivity contribution >= 4 is 39.1 Å². The smallest absolute Gasteiger partial charge is 0.0372 e. The molecule has 16 heavy (non-hydrogen) atoms. The Labute approximate surface area is 113 Å². The van der Waals surface area contributed by atoms with Crippen LogP contribution in [0.5, 0.6) is 0 Å². The summed E-state index contributed by atoms with van der Waals surface area (Å²) in [6.07, 6.45) is 2.05. The molecular formula is C12H16INOS. The molecule has 0 aromatic heterocycles. The van der Waals surface area contributed by atoms with E-state index in [2.05, 4.69) is 53.0 Å². The number of aryl methyl sites for hydroxylation is 1. The Morgan fingerprint density at radius 1 is 1.38 bits per heavy atom. The summed E-state index contributed by atoms with van der Waals surface area (Å²) < 4.78 is 12.5. The van der Waals surface area contributed by atoms with E-state index in [4.69, 9.17) is 0 Å². The molecule has 1 aliphatic rings. The maximum Gasteiger partial charge on any atom is 0.0372 e. The lowest BCUT2D eigenvalue weighted by Gasteiger charge is -2.24. The first kappa shape index (κ1) is 12.4. The van der Waals surface area contributed by atoms with Crippen molar-refractivity contribution < 1.29 is 4.21 Å². The lowest BCUT2D eigenvalue weighted by Crippen LogP contribution is -2.29. The van der Waals surface area contributed by atoms with Crippen LogP contribution in [0, 0.1) is 10.5 Å². The number of nitrogens with one attached hydrogen (secondary N) is 1. The molecule has 1 fully saturated rings. The molecule has 1 aliphatic heterocycles. The second-order valence-electron chi connectivity index (χ2n) is 4.23. The highest BCUT2D eigenvalue weighted by Crippen LogP contribution is 2.21. The first-order chi connectivity index (χ1) is 7.65. The Morgan fingerprint density at radius 3 is 2.69 bits per heavy atom. The van der Waals surface area contributed by atoms with Gasteiger partial charge in [-0.3, -0.25) is 4.21 Å². The third-order valence-electron chi connectivity index (χ3n) is 2.94. The quantitative estimate of drug-likeness (QED) is 0.832. The van der Waals surface area contributed by atoms with Crippen LogP contribution in [0.1, 0.15) is 18.4 Å². The zero-order valence-corrected chi connectivity index (χ0v) is 12.3. The highest BCUT2D eigenvalue weighted by Gasteiger charge is 2.17.